The molecule has 4 nitrogen and oxygen atoms in total. The Hall–Kier alpha value is -1.86. The van der Waals surface area contributed by atoms with Gasteiger partial charge in [-0.25, -0.2) is 9.78 Å². The van der Waals surface area contributed by atoms with E-state index in [9.17, 15) is 4.79 Å². The molecule has 0 radical (unpaired) electrons. The number of methoxy groups -OCH3 is 1. The van der Waals surface area contributed by atoms with Gasteiger partial charge in [0.15, 0.2) is 10.8 Å². The summed E-state index contributed by atoms with van der Waals surface area (Å²) in [5.74, 6) is 0.352. The number of carbonyl (C=O) groups is 1. The molecule has 3 aromatic rings. The quantitative estimate of drug-likeness (QED) is 0.291. The number of hydrogen-bond donors (Lipinski definition) is 0. The van der Waals surface area contributed by atoms with E-state index in [1.54, 1.807) is 0 Å². The van der Waals surface area contributed by atoms with Crippen molar-refractivity contribution in [2.45, 2.75) is 32.7 Å². The number of ether oxygens (including phenoxy) is 1. The predicted octanol–water partition coefficient (Wildman–Crippen LogP) is 5.99. The van der Waals surface area contributed by atoms with Gasteiger partial charge in [-0.2, -0.15) is 0 Å². The third-order valence-electron chi connectivity index (χ3n) is 4.62. The van der Waals surface area contributed by atoms with Crippen molar-refractivity contribution in [1.29, 1.82) is 0 Å². The summed E-state index contributed by atoms with van der Waals surface area (Å²) in [5, 5.41) is 0.202. The second-order valence-corrected chi connectivity index (χ2v) is 8.05. The van der Waals surface area contributed by atoms with Gasteiger partial charge < -0.3 is 9.30 Å². The molecule has 0 saturated carbocycles. The van der Waals surface area contributed by atoms with Crippen molar-refractivity contribution in [2.24, 2.45) is 0 Å². The molecule has 1 heterocycles. The standard InChI is InChI=1S/C22H22ClIN2O2/c1-3-4-9-19-25-21(23)20(22(27)28-2)26(19)14-15-10-12-16(13-11-15)17-7-5-6-8-18(17)24/h5-8,10-13H,3-4,9,14H2,1-2H3. The molecule has 0 unspecified atom stereocenters. The Labute approximate surface area is 184 Å². The molecule has 146 valence electrons. The number of esters is 1. The fourth-order valence-corrected chi connectivity index (χ4v) is 4.10. The molecule has 28 heavy (non-hydrogen) atoms. The van der Waals surface area contributed by atoms with Crippen LogP contribution >= 0.6 is 34.2 Å². The summed E-state index contributed by atoms with van der Waals surface area (Å²) < 4.78 is 8.01. The molecule has 0 N–H and O–H groups in total. The molecule has 6 heteroatoms. The highest BCUT2D eigenvalue weighted by molar-refractivity contribution is 14.1. The highest BCUT2D eigenvalue weighted by Gasteiger charge is 2.22. The van der Waals surface area contributed by atoms with E-state index in [1.807, 2.05) is 16.7 Å². The van der Waals surface area contributed by atoms with Crippen LogP contribution in [0.15, 0.2) is 48.5 Å². The van der Waals surface area contributed by atoms with Gasteiger partial charge in [0, 0.05) is 16.5 Å². The number of rotatable bonds is 7. The zero-order valence-corrected chi connectivity index (χ0v) is 18.8. The minimum atomic E-state index is -0.462. The minimum Gasteiger partial charge on any atom is -0.464 e. The summed E-state index contributed by atoms with van der Waals surface area (Å²) in [4.78, 5) is 16.7. The van der Waals surface area contributed by atoms with Gasteiger partial charge in [0.2, 0.25) is 0 Å². The van der Waals surface area contributed by atoms with Gasteiger partial charge in [0.25, 0.3) is 0 Å². The average Bonchev–Trinajstić information content (AvgIpc) is 3.01. The van der Waals surface area contributed by atoms with Crippen LogP contribution < -0.4 is 0 Å². The summed E-state index contributed by atoms with van der Waals surface area (Å²) in [7, 11) is 1.36. The summed E-state index contributed by atoms with van der Waals surface area (Å²) in [6.45, 7) is 2.65. The molecule has 0 bridgehead atoms. The van der Waals surface area contributed by atoms with Crippen LogP contribution in [-0.2, 0) is 17.7 Å². The lowest BCUT2D eigenvalue weighted by atomic mass is 10.0. The third kappa shape index (κ3) is 4.58. The maximum atomic E-state index is 12.2. The van der Waals surface area contributed by atoms with Crippen LogP contribution in [-0.4, -0.2) is 22.6 Å². The lowest BCUT2D eigenvalue weighted by molar-refractivity contribution is 0.0589. The number of halogens is 2. The zero-order valence-electron chi connectivity index (χ0n) is 15.9. The molecule has 0 aliphatic carbocycles. The summed E-state index contributed by atoms with van der Waals surface area (Å²) in [6, 6.07) is 16.7. The second-order valence-electron chi connectivity index (χ2n) is 6.53. The van der Waals surface area contributed by atoms with Crippen LogP contribution in [0, 0.1) is 3.57 Å². The van der Waals surface area contributed by atoms with Crippen molar-refractivity contribution in [3.8, 4) is 11.1 Å². The van der Waals surface area contributed by atoms with E-state index in [1.165, 1.54) is 16.2 Å². The molecule has 1 aromatic heterocycles. The van der Waals surface area contributed by atoms with Crippen LogP contribution in [0.3, 0.4) is 0 Å². The van der Waals surface area contributed by atoms with Gasteiger partial charge in [-0.1, -0.05) is 67.4 Å². The fraction of sp³-hybridized carbons (Fsp3) is 0.273. The smallest absolute Gasteiger partial charge is 0.357 e. The monoisotopic (exact) mass is 508 g/mol. The van der Waals surface area contributed by atoms with Gasteiger partial charge >= 0.3 is 5.97 Å². The van der Waals surface area contributed by atoms with Crippen molar-refractivity contribution in [1.82, 2.24) is 9.55 Å². The number of carbonyl (C=O) groups excluding carboxylic acids is 1. The highest BCUT2D eigenvalue weighted by atomic mass is 127. The molecular formula is C22H22ClIN2O2. The SMILES string of the molecule is CCCCc1nc(Cl)c(C(=O)OC)n1Cc1ccc(-c2ccccc2I)cc1. The van der Waals surface area contributed by atoms with Crippen LogP contribution in [0.5, 0.6) is 0 Å². The molecule has 0 fully saturated rings. The maximum Gasteiger partial charge on any atom is 0.357 e. The Balaban J connectivity index is 1.92. The number of imidazole rings is 1. The summed E-state index contributed by atoms with van der Waals surface area (Å²) in [6.07, 6.45) is 2.80. The van der Waals surface area contributed by atoms with Crippen molar-refractivity contribution in [3.05, 3.63) is 74.3 Å². The largest absolute Gasteiger partial charge is 0.464 e. The Morgan fingerprint density at radius 1 is 1.18 bits per heavy atom. The molecule has 3 rings (SSSR count). The van der Waals surface area contributed by atoms with Gasteiger partial charge in [-0.05, 0) is 51.8 Å². The molecular weight excluding hydrogens is 487 g/mol. The lowest BCUT2D eigenvalue weighted by Crippen LogP contribution is -2.14. The molecule has 0 saturated heterocycles. The Morgan fingerprint density at radius 3 is 2.54 bits per heavy atom. The molecule has 0 amide bonds. The minimum absolute atomic E-state index is 0.202. The van der Waals surface area contributed by atoms with Crippen LogP contribution in [0.4, 0.5) is 0 Å². The number of nitrogens with zero attached hydrogens (tertiary/aromatic N) is 2. The molecule has 0 atom stereocenters. The molecule has 2 aromatic carbocycles. The average molecular weight is 509 g/mol. The topological polar surface area (TPSA) is 44.1 Å². The number of benzene rings is 2. The van der Waals surface area contributed by atoms with Crippen LogP contribution in [0.2, 0.25) is 5.15 Å². The maximum absolute atomic E-state index is 12.2. The normalized spacial score (nSPS) is 10.9. The predicted molar refractivity (Wildman–Crippen MR) is 121 cm³/mol. The van der Waals surface area contributed by atoms with E-state index in [-0.39, 0.29) is 5.15 Å². The van der Waals surface area contributed by atoms with Crippen molar-refractivity contribution in [3.63, 3.8) is 0 Å². The van der Waals surface area contributed by atoms with Gasteiger partial charge in [-0.3, -0.25) is 0 Å². The number of aryl methyl sites for hydroxylation is 1. The zero-order chi connectivity index (χ0) is 20.1. The number of unbranched alkanes of at least 4 members (excludes halogenated alkanes) is 1. The summed E-state index contributed by atoms with van der Waals surface area (Å²) >= 11 is 8.61. The Kier molecular flexibility index (Phi) is 7.13. The Morgan fingerprint density at radius 2 is 1.89 bits per heavy atom. The first-order valence-corrected chi connectivity index (χ1v) is 10.7. The van der Waals surface area contributed by atoms with Crippen molar-refractivity contribution >= 4 is 40.2 Å². The first-order chi connectivity index (χ1) is 13.5. The lowest BCUT2D eigenvalue weighted by Gasteiger charge is -2.12. The van der Waals surface area contributed by atoms with Crippen LogP contribution in [0.25, 0.3) is 11.1 Å². The van der Waals surface area contributed by atoms with E-state index in [0.29, 0.717) is 12.2 Å². The highest BCUT2D eigenvalue weighted by Crippen LogP contribution is 2.26. The van der Waals surface area contributed by atoms with Crippen molar-refractivity contribution < 1.29 is 9.53 Å². The fourth-order valence-electron chi connectivity index (χ4n) is 3.12. The number of hydrogen-bond acceptors (Lipinski definition) is 3. The van der Waals surface area contributed by atoms with Crippen molar-refractivity contribution in [2.75, 3.05) is 7.11 Å². The first-order valence-electron chi connectivity index (χ1n) is 9.22. The van der Waals surface area contributed by atoms with Gasteiger partial charge in [0.05, 0.1) is 7.11 Å². The third-order valence-corrected chi connectivity index (χ3v) is 5.82. The summed E-state index contributed by atoms with van der Waals surface area (Å²) in [5.41, 5.74) is 3.76. The van der Waals surface area contributed by atoms with Gasteiger partial charge in [0.1, 0.15) is 5.82 Å². The molecule has 0 aliphatic rings. The van der Waals surface area contributed by atoms with Crippen LogP contribution in [0.1, 0.15) is 41.6 Å². The molecule has 0 spiro atoms. The first kappa shape index (κ1) is 20.9. The van der Waals surface area contributed by atoms with E-state index < -0.39 is 5.97 Å². The molecule has 0 aliphatic heterocycles. The van der Waals surface area contributed by atoms with E-state index in [2.05, 4.69) is 70.9 Å². The number of aromatic nitrogens is 2. The Bertz CT molecular complexity index is 967. The van der Waals surface area contributed by atoms with E-state index >= 15 is 0 Å². The second kappa shape index (κ2) is 9.56. The van der Waals surface area contributed by atoms with Gasteiger partial charge in [-0.15, -0.1) is 0 Å². The van der Waals surface area contributed by atoms with E-state index in [0.717, 1.165) is 36.2 Å². The van der Waals surface area contributed by atoms with E-state index in [4.69, 9.17) is 16.3 Å².